The molecular formula is C44H63NO4. The molecule has 10 atom stereocenters. The molecule has 0 bridgehead atoms. The van der Waals surface area contributed by atoms with Crippen LogP contribution in [-0.4, -0.2) is 42.0 Å². The van der Waals surface area contributed by atoms with Gasteiger partial charge in [0, 0.05) is 5.54 Å². The van der Waals surface area contributed by atoms with Crippen LogP contribution in [0.15, 0.2) is 53.6 Å². The van der Waals surface area contributed by atoms with E-state index in [1.807, 2.05) is 30.3 Å². The Morgan fingerprint density at radius 2 is 1.73 bits per heavy atom. The van der Waals surface area contributed by atoms with E-state index < -0.39 is 5.60 Å². The van der Waals surface area contributed by atoms with E-state index in [1.54, 1.807) is 5.57 Å². The van der Waals surface area contributed by atoms with Gasteiger partial charge in [0.05, 0.1) is 19.1 Å². The van der Waals surface area contributed by atoms with E-state index in [0.717, 1.165) is 61.5 Å². The van der Waals surface area contributed by atoms with Gasteiger partial charge < -0.3 is 19.9 Å². The Hall–Kier alpha value is -1.95. The first-order chi connectivity index (χ1) is 23.5. The number of hydrogen-bond acceptors (Lipinski definition) is 5. The lowest BCUT2D eigenvalue weighted by atomic mass is 9.34. The van der Waals surface area contributed by atoms with Gasteiger partial charge in [-0.1, -0.05) is 76.6 Å². The Labute approximate surface area is 296 Å². The number of rotatable bonds is 8. The summed E-state index contributed by atoms with van der Waals surface area (Å²) in [5.41, 5.74) is 4.98. The van der Waals surface area contributed by atoms with Crippen molar-refractivity contribution in [3.8, 4) is 0 Å². The minimum atomic E-state index is -0.599. The van der Waals surface area contributed by atoms with Crippen molar-refractivity contribution in [1.82, 2.24) is 5.32 Å². The van der Waals surface area contributed by atoms with Crippen molar-refractivity contribution in [3.05, 3.63) is 59.2 Å². The largest absolute Gasteiger partial charge is 0.461 e. The SMILES string of the molecule is CC1C(C2=CCC(C(=O)OCc3ccccc3)CC2)=CCC2(C)C1CCC1(C)C2CCC2[C@H]3CCCC3(NCCC3(O)COC3)CC[C@]21C. The molecule has 0 radical (unpaired) electrons. The summed E-state index contributed by atoms with van der Waals surface area (Å²) >= 11 is 0. The normalized spacial score (nSPS) is 43.9. The molecule has 1 heterocycles. The molecule has 2 N–H and O–H groups in total. The Morgan fingerprint density at radius 1 is 0.918 bits per heavy atom. The lowest BCUT2D eigenvalue weighted by molar-refractivity contribution is -0.213. The number of hydrogen-bond donors (Lipinski definition) is 2. The Kier molecular flexibility index (Phi) is 8.80. The zero-order valence-corrected chi connectivity index (χ0v) is 30.9. The third-order valence-corrected chi connectivity index (χ3v) is 16.7. The molecule has 0 amide bonds. The zero-order valence-electron chi connectivity index (χ0n) is 30.9. The summed E-state index contributed by atoms with van der Waals surface area (Å²) in [6.07, 6.45) is 22.0. The van der Waals surface area contributed by atoms with E-state index in [2.05, 4.69) is 45.2 Å². The van der Waals surface area contributed by atoms with Crippen LogP contribution in [0.4, 0.5) is 0 Å². The summed E-state index contributed by atoms with van der Waals surface area (Å²) in [6.45, 7) is 13.0. The van der Waals surface area contributed by atoms with Crippen molar-refractivity contribution in [2.24, 2.45) is 51.8 Å². The Morgan fingerprint density at radius 3 is 2.47 bits per heavy atom. The monoisotopic (exact) mass is 669 g/mol. The number of carbonyl (C=O) groups is 1. The molecule has 5 fully saturated rings. The molecule has 5 heteroatoms. The fourth-order valence-electron chi connectivity index (χ4n) is 13.7. The van der Waals surface area contributed by atoms with Gasteiger partial charge in [-0.15, -0.1) is 0 Å². The fraction of sp³-hybridized carbons (Fsp3) is 0.750. The van der Waals surface area contributed by atoms with Gasteiger partial charge in [0.2, 0.25) is 0 Å². The van der Waals surface area contributed by atoms with Crippen molar-refractivity contribution in [1.29, 1.82) is 0 Å². The molecule has 7 aliphatic rings. The summed E-state index contributed by atoms with van der Waals surface area (Å²) in [6, 6.07) is 10.0. The number of esters is 1. The molecule has 8 unspecified atom stereocenters. The summed E-state index contributed by atoms with van der Waals surface area (Å²) in [4.78, 5) is 12.9. The summed E-state index contributed by atoms with van der Waals surface area (Å²) < 4.78 is 11.1. The molecule has 8 rings (SSSR count). The highest BCUT2D eigenvalue weighted by Gasteiger charge is 2.68. The van der Waals surface area contributed by atoms with Crippen LogP contribution in [-0.2, 0) is 20.9 Å². The predicted molar refractivity (Wildman–Crippen MR) is 194 cm³/mol. The van der Waals surface area contributed by atoms with Gasteiger partial charge in [-0.3, -0.25) is 4.79 Å². The van der Waals surface area contributed by atoms with E-state index >= 15 is 0 Å². The quantitative estimate of drug-likeness (QED) is 0.271. The maximum Gasteiger partial charge on any atom is 0.309 e. The first-order valence-corrected chi connectivity index (χ1v) is 20.2. The molecule has 1 aromatic rings. The molecular weight excluding hydrogens is 606 g/mol. The Bertz CT molecular complexity index is 1460. The molecule has 1 aliphatic heterocycles. The Balaban J connectivity index is 0.948. The minimum absolute atomic E-state index is 0.0171. The van der Waals surface area contributed by atoms with Crippen LogP contribution < -0.4 is 5.32 Å². The number of ether oxygens (including phenoxy) is 2. The first-order valence-electron chi connectivity index (χ1n) is 20.2. The maximum absolute atomic E-state index is 12.9. The van der Waals surface area contributed by atoms with Crippen molar-refractivity contribution >= 4 is 5.97 Å². The van der Waals surface area contributed by atoms with Gasteiger partial charge >= 0.3 is 5.97 Å². The van der Waals surface area contributed by atoms with Crippen LogP contribution in [0.5, 0.6) is 0 Å². The van der Waals surface area contributed by atoms with Crippen LogP contribution in [0.25, 0.3) is 0 Å². The van der Waals surface area contributed by atoms with Gasteiger partial charge in [-0.25, -0.2) is 0 Å². The van der Waals surface area contributed by atoms with Gasteiger partial charge in [0.1, 0.15) is 12.2 Å². The smallest absolute Gasteiger partial charge is 0.309 e. The summed E-state index contributed by atoms with van der Waals surface area (Å²) in [7, 11) is 0. The standard InChI is InChI=1S/C44H63NO4/c1-30-34(32-12-14-33(15-13-32)39(46)49-27-31-9-6-5-7-10-31)18-21-40(2)35(30)19-22-42(4)38(40)17-16-36-37-11-8-20-44(37,24-23-41(36,42)3)45-26-25-43(47)28-48-29-43/h5-7,9-10,12,18,30,33,35-38,45,47H,8,11,13-17,19-29H2,1-4H3/t30?,33?,35?,36?,37-,38?,40?,41-,42?,44?/m1/s1. The number of fused-ring (bicyclic) bond motifs is 7. The molecule has 268 valence electrons. The molecule has 5 nitrogen and oxygen atoms in total. The van der Waals surface area contributed by atoms with Crippen molar-refractivity contribution in [3.63, 3.8) is 0 Å². The van der Waals surface area contributed by atoms with Crippen LogP contribution in [0.3, 0.4) is 0 Å². The van der Waals surface area contributed by atoms with Crippen LogP contribution in [0, 0.1) is 51.8 Å². The zero-order chi connectivity index (χ0) is 34.1. The van der Waals surface area contributed by atoms with E-state index in [4.69, 9.17) is 9.47 Å². The second-order valence-electron chi connectivity index (χ2n) is 18.7. The molecule has 1 saturated heterocycles. The van der Waals surface area contributed by atoms with Crippen molar-refractivity contribution in [2.45, 2.75) is 135 Å². The average molecular weight is 670 g/mol. The van der Waals surface area contributed by atoms with Crippen molar-refractivity contribution in [2.75, 3.05) is 19.8 Å². The molecule has 49 heavy (non-hydrogen) atoms. The van der Waals surface area contributed by atoms with Gasteiger partial charge in [0.25, 0.3) is 0 Å². The van der Waals surface area contributed by atoms with E-state index in [-0.39, 0.29) is 17.4 Å². The summed E-state index contributed by atoms with van der Waals surface area (Å²) in [5, 5.41) is 14.8. The second-order valence-corrected chi connectivity index (χ2v) is 18.7. The fourth-order valence-corrected chi connectivity index (χ4v) is 13.7. The van der Waals surface area contributed by atoms with E-state index in [9.17, 15) is 9.90 Å². The third-order valence-electron chi connectivity index (χ3n) is 16.7. The number of carbonyl (C=O) groups excluding carboxylic acids is 1. The highest BCUT2D eigenvalue weighted by atomic mass is 16.5. The number of allylic oxidation sites excluding steroid dienone is 4. The molecule has 0 aromatic heterocycles. The minimum Gasteiger partial charge on any atom is -0.461 e. The number of nitrogens with one attached hydrogen (secondary N) is 1. The van der Waals surface area contributed by atoms with Crippen LogP contribution >= 0.6 is 0 Å². The molecule has 4 saturated carbocycles. The van der Waals surface area contributed by atoms with Crippen LogP contribution in [0.2, 0.25) is 0 Å². The highest BCUT2D eigenvalue weighted by Crippen LogP contribution is 2.75. The number of aliphatic hydroxyl groups is 1. The molecule has 1 aromatic carbocycles. The average Bonchev–Trinajstić information content (AvgIpc) is 3.51. The summed E-state index contributed by atoms with van der Waals surface area (Å²) in [5.74, 6) is 3.61. The lowest BCUT2D eigenvalue weighted by Crippen LogP contribution is -2.67. The topological polar surface area (TPSA) is 67.8 Å². The maximum atomic E-state index is 12.9. The third kappa shape index (κ3) is 5.54. The van der Waals surface area contributed by atoms with E-state index in [0.29, 0.717) is 42.0 Å². The number of benzene rings is 1. The highest BCUT2D eigenvalue weighted by molar-refractivity contribution is 5.73. The van der Waals surface area contributed by atoms with Gasteiger partial charge in [-0.05, 0) is 153 Å². The first kappa shape index (κ1) is 34.2. The van der Waals surface area contributed by atoms with Gasteiger partial charge in [0.15, 0.2) is 0 Å². The molecule has 6 aliphatic carbocycles. The van der Waals surface area contributed by atoms with Gasteiger partial charge in [-0.2, -0.15) is 0 Å². The van der Waals surface area contributed by atoms with E-state index in [1.165, 1.54) is 69.8 Å². The van der Waals surface area contributed by atoms with Crippen LogP contribution in [0.1, 0.15) is 123 Å². The predicted octanol–water partition coefficient (Wildman–Crippen LogP) is 8.95. The lowest BCUT2D eigenvalue weighted by Gasteiger charge is -2.71. The second kappa shape index (κ2) is 12.6. The van der Waals surface area contributed by atoms with Crippen molar-refractivity contribution < 1.29 is 19.4 Å². The molecule has 0 spiro atoms.